The van der Waals surface area contributed by atoms with Crippen molar-refractivity contribution in [3.05, 3.63) is 17.0 Å². The first kappa shape index (κ1) is 14.1. The standard InChI is InChI=1S/C9H15N3O3S2/c1-6(4-8(11)13)12-17(14,15)9-3-2-7(5-10)16-9/h2-3,6,12H,4-5,10H2,1H3,(H2,11,13). The minimum Gasteiger partial charge on any atom is -0.370 e. The minimum atomic E-state index is -3.59. The van der Waals surface area contributed by atoms with E-state index in [4.69, 9.17) is 11.5 Å². The Kier molecular flexibility index (Phi) is 4.63. The summed E-state index contributed by atoms with van der Waals surface area (Å²) in [7, 11) is -3.59. The molecule has 17 heavy (non-hydrogen) atoms. The van der Waals surface area contributed by atoms with Gasteiger partial charge in [0, 0.05) is 23.9 Å². The molecule has 1 atom stereocenters. The van der Waals surface area contributed by atoms with Gasteiger partial charge in [0.25, 0.3) is 0 Å². The molecule has 1 aromatic rings. The third kappa shape index (κ3) is 4.08. The second kappa shape index (κ2) is 5.58. The summed E-state index contributed by atoms with van der Waals surface area (Å²) in [6, 6.07) is 2.63. The predicted octanol–water partition coefficient (Wildman–Crippen LogP) is -0.251. The molecule has 0 aliphatic carbocycles. The molecule has 0 aliphatic rings. The van der Waals surface area contributed by atoms with E-state index in [1.807, 2.05) is 0 Å². The van der Waals surface area contributed by atoms with Crippen LogP contribution in [-0.4, -0.2) is 20.4 Å². The van der Waals surface area contributed by atoms with Crippen LogP contribution in [0.3, 0.4) is 0 Å². The maximum atomic E-state index is 11.9. The Balaban J connectivity index is 2.78. The quantitative estimate of drug-likeness (QED) is 0.665. The van der Waals surface area contributed by atoms with Gasteiger partial charge in [-0.3, -0.25) is 4.79 Å². The number of amides is 1. The van der Waals surface area contributed by atoms with Gasteiger partial charge in [-0.25, -0.2) is 13.1 Å². The number of carbonyl (C=O) groups excluding carboxylic acids is 1. The molecular weight excluding hydrogens is 262 g/mol. The Hall–Kier alpha value is -0.960. The zero-order chi connectivity index (χ0) is 13.1. The maximum Gasteiger partial charge on any atom is 0.250 e. The minimum absolute atomic E-state index is 0.0334. The number of sulfonamides is 1. The van der Waals surface area contributed by atoms with E-state index in [1.54, 1.807) is 13.0 Å². The number of thiophene rings is 1. The lowest BCUT2D eigenvalue weighted by molar-refractivity contribution is -0.118. The Labute approximate surface area is 104 Å². The smallest absolute Gasteiger partial charge is 0.250 e. The molecule has 5 N–H and O–H groups in total. The van der Waals surface area contributed by atoms with Crippen molar-refractivity contribution in [3.63, 3.8) is 0 Å². The third-order valence-electron chi connectivity index (χ3n) is 1.97. The Morgan fingerprint density at radius 1 is 1.53 bits per heavy atom. The van der Waals surface area contributed by atoms with E-state index in [-0.39, 0.29) is 10.6 Å². The second-order valence-electron chi connectivity index (χ2n) is 3.62. The van der Waals surface area contributed by atoms with E-state index in [2.05, 4.69) is 4.72 Å². The summed E-state index contributed by atoms with van der Waals surface area (Å²) >= 11 is 1.11. The summed E-state index contributed by atoms with van der Waals surface area (Å²) in [5.41, 5.74) is 10.4. The van der Waals surface area contributed by atoms with Crippen molar-refractivity contribution in [3.8, 4) is 0 Å². The number of nitrogens with one attached hydrogen (secondary N) is 1. The zero-order valence-corrected chi connectivity index (χ0v) is 11.0. The number of carbonyl (C=O) groups is 1. The summed E-state index contributed by atoms with van der Waals surface area (Å²) < 4.78 is 26.3. The van der Waals surface area contributed by atoms with Gasteiger partial charge in [0.1, 0.15) is 4.21 Å². The summed E-state index contributed by atoms with van der Waals surface area (Å²) in [4.78, 5) is 11.4. The molecule has 6 nitrogen and oxygen atoms in total. The van der Waals surface area contributed by atoms with Crippen LogP contribution in [0.5, 0.6) is 0 Å². The monoisotopic (exact) mass is 277 g/mol. The van der Waals surface area contributed by atoms with Crippen molar-refractivity contribution < 1.29 is 13.2 Å². The first-order chi connectivity index (χ1) is 7.85. The zero-order valence-electron chi connectivity index (χ0n) is 9.34. The van der Waals surface area contributed by atoms with Gasteiger partial charge in [-0.2, -0.15) is 0 Å². The Morgan fingerprint density at radius 3 is 2.65 bits per heavy atom. The molecular formula is C9H15N3O3S2. The van der Waals surface area contributed by atoms with Crippen LogP contribution < -0.4 is 16.2 Å². The number of hydrogen-bond donors (Lipinski definition) is 3. The topological polar surface area (TPSA) is 115 Å². The van der Waals surface area contributed by atoms with Crippen LogP contribution in [0.15, 0.2) is 16.3 Å². The van der Waals surface area contributed by atoms with Crippen LogP contribution in [0.1, 0.15) is 18.2 Å². The molecule has 0 saturated heterocycles. The first-order valence-corrected chi connectivity index (χ1v) is 7.24. The van der Waals surface area contributed by atoms with Gasteiger partial charge in [-0.1, -0.05) is 0 Å². The maximum absolute atomic E-state index is 11.9. The molecule has 1 rings (SSSR count). The Bertz CT molecular complexity index is 495. The molecule has 0 aliphatic heterocycles. The van der Waals surface area contributed by atoms with Gasteiger partial charge in [0.05, 0.1) is 0 Å². The van der Waals surface area contributed by atoms with Gasteiger partial charge in [-0.15, -0.1) is 11.3 Å². The average Bonchev–Trinajstić information content (AvgIpc) is 2.63. The molecule has 8 heteroatoms. The highest BCUT2D eigenvalue weighted by Crippen LogP contribution is 2.21. The number of hydrogen-bond acceptors (Lipinski definition) is 5. The third-order valence-corrected chi connectivity index (χ3v) is 5.16. The molecule has 0 fully saturated rings. The van der Waals surface area contributed by atoms with Crippen molar-refractivity contribution in [2.45, 2.75) is 30.1 Å². The lowest BCUT2D eigenvalue weighted by Crippen LogP contribution is -2.35. The van der Waals surface area contributed by atoms with Crippen LogP contribution in [0.2, 0.25) is 0 Å². The van der Waals surface area contributed by atoms with Gasteiger partial charge < -0.3 is 11.5 Å². The molecule has 1 amide bonds. The van der Waals surface area contributed by atoms with Crippen molar-refractivity contribution in [2.75, 3.05) is 0 Å². The SMILES string of the molecule is CC(CC(N)=O)NS(=O)(=O)c1ccc(CN)s1. The van der Waals surface area contributed by atoms with Gasteiger partial charge >= 0.3 is 0 Å². The fourth-order valence-corrected chi connectivity index (χ4v) is 3.77. The summed E-state index contributed by atoms with van der Waals surface area (Å²) in [5.74, 6) is -0.547. The number of rotatable bonds is 6. The van der Waals surface area contributed by atoms with Crippen LogP contribution >= 0.6 is 11.3 Å². The first-order valence-electron chi connectivity index (χ1n) is 4.94. The largest absolute Gasteiger partial charge is 0.370 e. The van der Waals surface area contributed by atoms with Crippen molar-refractivity contribution in [1.82, 2.24) is 4.72 Å². The molecule has 0 spiro atoms. The van der Waals surface area contributed by atoms with Crippen LogP contribution in [0, 0.1) is 0 Å². The number of primary amides is 1. The molecule has 0 saturated carbocycles. The molecule has 0 radical (unpaired) electrons. The molecule has 96 valence electrons. The number of nitrogens with two attached hydrogens (primary N) is 2. The second-order valence-corrected chi connectivity index (χ2v) is 6.73. The molecule has 0 aromatic carbocycles. The van der Waals surface area contributed by atoms with Crippen LogP contribution in [-0.2, 0) is 21.4 Å². The molecule has 1 heterocycles. The van der Waals surface area contributed by atoms with E-state index >= 15 is 0 Å². The molecule has 1 unspecified atom stereocenters. The highest BCUT2D eigenvalue weighted by Gasteiger charge is 2.20. The van der Waals surface area contributed by atoms with Crippen molar-refractivity contribution in [1.29, 1.82) is 0 Å². The van der Waals surface area contributed by atoms with E-state index in [1.165, 1.54) is 6.07 Å². The summed E-state index contributed by atoms with van der Waals surface area (Å²) in [5, 5.41) is 0. The normalized spacial score (nSPS) is 13.5. The highest BCUT2D eigenvalue weighted by atomic mass is 32.2. The van der Waals surface area contributed by atoms with E-state index in [9.17, 15) is 13.2 Å². The molecule has 1 aromatic heterocycles. The molecule has 0 bridgehead atoms. The van der Waals surface area contributed by atoms with Gasteiger partial charge in [0.2, 0.25) is 15.9 Å². The van der Waals surface area contributed by atoms with E-state index in [0.717, 1.165) is 16.2 Å². The van der Waals surface area contributed by atoms with Gasteiger partial charge in [-0.05, 0) is 19.1 Å². The van der Waals surface area contributed by atoms with Crippen LogP contribution in [0.25, 0.3) is 0 Å². The predicted molar refractivity (Wildman–Crippen MR) is 65.8 cm³/mol. The van der Waals surface area contributed by atoms with Crippen molar-refractivity contribution in [2.24, 2.45) is 11.5 Å². The highest BCUT2D eigenvalue weighted by molar-refractivity contribution is 7.91. The van der Waals surface area contributed by atoms with Gasteiger partial charge in [0.15, 0.2) is 0 Å². The van der Waals surface area contributed by atoms with E-state index < -0.39 is 22.0 Å². The van der Waals surface area contributed by atoms with Crippen molar-refractivity contribution >= 4 is 27.3 Å². The lowest BCUT2D eigenvalue weighted by Gasteiger charge is -2.10. The van der Waals surface area contributed by atoms with Crippen LogP contribution in [0.4, 0.5) is 0 Å². The summed E-state index contributed by atoms with van der Waals surface area (Å²) in [6.07, 6.45) is -0.0334. The summed E-state index contributed by atoms with van der Waals surface area (Å²) in [6.45, 7) is 1.89. The fraction of sp³-hybridized carbons (Fsp3) is 0.444. The fourth-order valence-electron chi connectivity index (χ4n) is 1.28. The lowest BCUT2D eigenvalue weighted by atomic mass is 10.2. The average molecular weight is 277 g/mol. The van der Waals surface area contributed by atoms with E-state index in [0.29, 0.717) is 6.54 Å². The Morgan fingerprint density at radius 2 is 2.18 bits per heavy atom.